The van der Waals surface area contributed by atoms with Crippen LogP contribution in [0.3, 0.4) is 0 Å². The van der Waals surface area contributed by atoms with Gasteiger partial charge in [-0.25, -0.2) is 0 Å². The molecule has 0 spiro atoms. The highest BCUT2D eigenvalue weighted by Gasteiger charge is 2.11. The zero-order valence-electron chi connectivity index (χ0n) is 8.79. The lowest BCUT2D eigenvalue weighted by atomic mass is 9.89. The van der Waals surface area contributed by atoms with Crippen molar-refractivity contribution in [1.29, 1.82) is 0 Å². The molecule has 0 radical (unpaired) electrons. The van der Waals surface area contributed by atoms with Crippen molar-refractivity contribution >= 4 is 0 Å². The van der Waals surface area contributed by atoms with E-state index in [4.69, 9.17) is 0 Å². The SMILES string of the molecule is Cn1cc(CC(C)(C)C)ccc1=O. The maximum atomic E-state index is 11.1. The molecule has 0 bridgehead atoms. The van der Waals surface area contributed by atoms with Crippen LogP contribution in [0.5, 0.6) is 0 Å². The van der Waals surface area contributed by atoms with Crippen LogP contribution in [0.2, 0.25) is 0 Å². The minimum atomic E-state index is 0.0534. The normalized spacial score (nSPS) is 11.7. The fraction of sp³-hybridized carbons (Fsp3) is 0.545. The topological polar surface area (TPSA) is 22.0 Å². The second-order valence-electron chi connectivity index (χ2n) is 4.72. The van der Waals surface area contributed by atoms with E-state index in [1.54, 1.807) is 17.7 Å². The minimum Gasteiger partial charge on any atom is -0.318 e. The van der Waals surface area contributed by atoms with Gasteiger partial charge in [0.05, 0.1) is 0 Å². The average Bonchev–Trinajstić information content (AvgIpc) is 1.94. The summed E-state index contributed by atoms with van der Waals surface area (Å²) in [6, 6.07) is 3.54. The predicted octanol–water partition coefficient (Wildman–Crippen LogP) is 1.97. The van der Waals surface area contributed by atoms with E-state index in [-0.39, 0.29) is 11.0 Å². The van der Waals surface area contributed by atoms with Gasteiger partial charge in [-0.1, -0.05) is 26.8 Å². The number of hydrogen-bond acceptors (Lipinski definition) is 1. The molecule has 0 unspecified atom stereocenters. The summed E-state index contributed by atoms with van der Waals surface area (Å²) in [6.07, 6.45) is 2.91. The summed E-state index contributed by atoms with van der Waals surface area (Å²) in [4.78, 5) is 11.1. The number of hydrogen-bond donors (Lipinski definition) is 0. The Hall–Kier alpha value is -1.05. The first-order valence-electron chi connectivity index (χ1n) is 4.54. The van der Waals surface area contributed by atoms with Gasteiger partial charge in [0, 0.05) is 19.3 Å². The largest absolute Gasteiger partial charge is 0.318 e. The molecular formula is C11H17NO. The van der Waals surface area contributed by atoms with E-state index in [2.05, 4.69) is 20.8 Å². The van der Waals surface area contributed by atoms with Crippen LogP contribution in [0.25, 0.3) is 0 Å². The first-order valence-corrected chi connectivity index (χ1v) is 4.54. The van der Waals surface area contributed by atoms with Gasteiger partial charge in [0.15, 0.2) is 0 Å². The molecule has 0 amide bonds. The molecule has 0 atom stereocenters. The average molecular weight is 179 g/mol. The smallest absolute Gasteiger partial charge is 0.250 e. The molecule has 0 aliphatic carbocycles. The van der Waals surface area contributed by atoms with Crippen molar-refractivity contribution in [2.75, 3.05) is 0 Å². The lowest BCUT2D eigenvalue weighted by Gasteiger charge is -2.18. The third-order valence-electron chi connectivity index (χ3n) is 1.88. The maximum absolute atomic E-state index is 11.1. The standard InChI is InChI=1S/C11H17NO/c1-11(2,3)7-9-5-6-10(13)12(4)8-9/h5-6,8H,7H2,1-4H3. The summed E-state index contributed by atoms with van der Waals surface area (Å²) >= 11 is 0. The van der Waals surface area contributed by atoms with E-state index < -0.39 is 0 Å². The molecule has 0 aliphatic heterocycles. The van der Waals surface area contributed by atoms with Crippen molar-refractivity contribution < 1.29 is 0 Å². The van der Waals surface area contributed by atoms with E-state index in [9.17, 15) is 4.79 Å². The molecule has 0 aromatic carbocycles. The fourth-order valence-corrected chi connectivity index (χ4v) is 1.37. The van der Waals surface area contributed by atoms with Gasteiger partial charge in [0.1, 0.15) is 0 Å². The number of rotatable bonds is 1. The molecule has 0 saturated carbocycles. The molecule has 1 heterocycles. The summed E-state index contributed by atoms with van der Waals surface area (Å²) in [5.74, 6) is 0. The zero-order valence-corrected chi connectivity index (χ0v) is 8.79. The van der Waals surface area contributed by atoms with Crippen LogP contribution >= 0.6 is 0 Å². The van der Waals surface area contributed by atoms with Crippen molar-refractivity contribution in [2.24, 2.45) is 12.5 Å². The summed E-state index contributed by atoms with van der Waals surface area (Å²) < 4.78 is 1.63. The molecule has 1 aromatic rings. The Balaban J connectivity index is 2.92. The van der Waals surface area contributed by atoms with Gasteiger partial charge >= 0.3 is 0 Å². The third-order valence-corrected chi connectivity index (χ3v) is 1.88. The highest BCUT2D eigenvalue weighted by atomic mass is 16.1. The second-order valence-corrected chi connectivity index (χ2v) is 4.72. The van der Waals surface area contributed by atoms with Crippen molar-refractivity contribution in [3.05, 3.63) is 34.2 Å². The van der Waals surface area contributed by atoms with Crippen LogP contribution in [0.1, 0.15) is 26.3 Å². The number of nitrogens with zero attached hydrogens (tertiary/aromatic N) is 1. The van der Waals surface area contributed by atoms with Crippen LogP contribution < -0.4 is 5.56 Å². The van der Waals surface area contributed by atoms with Gasteiger partial charge in [-0.3, -0.25) is 4.79 Å². The zero-order chi connectivity index (χ0) is 10.1. The molecular weight excluding hydrogens is 162 g/mol. The van der Waals surface area contributed by atoms with Gasteiger partial charge < -0.3 is 4.57 Å². The Labute approximate surface area is 79.2 Å². The molecule has 1 aromatic heterocycles. The van der Waals surface area contributed by atoms with Crippen molar-refractivity contribution in [3.63, 3.8) is 0 Å². The van der Waals surface area contributed by atoms with E-state index >= 15 is 0 Å². The second kappa shape index (κ2) is 3.36. The Morgan fingerprint density at radius 3 is 2.38 bits per heavy atom. The van der Waals surface area contributed by atoms with Gasteiger partial charge in [-0.05, 0) is 17.4 Å². The summed E-state index contributed by atoms with van der Waals surface area (Å²) in [5, 5.41) is 0. The van der Waals surface area contributed by atoms with Crippen LogP contribution in [0.15, 0.2) is 23.1 Å². The third kappa shape index (κ3) is 3.05. The van der Waals surface area contributed by atoms with Crippen LogP contribution in [-0.2, 0) is 13.5 Å². The summed E-state index contributed by atoms with van der Waals surface area (Å²) in [7, 11) is 1.79. The summed E-state index contributed by atoms with van der Waals surface area (Å²) in [6.45, 7) is 6.58. The van der Waals surface area contributed by atoms with E-state index in [0.717, 1.165) is 6.42 Å². The molecule has 0 aliphatic rings. The van der Waals surface area contributed by atoms with Gasteiger partial charge in [0.25, 0.3) is 0 Å². The fourth-order valence-electron chi connectivity index (χ4n) is 1.37. The Morgan fingerprint density at radius 1 is 1.31 bits per heavy atom. The number of aromatic nitrogens is 1. The molecule has 2 nitrogen and oxygen atoms in total. The molecule has 1 rings (SSSR count). The molecule has 0 saturated heterocycles. The minimum absolute atomic E-state index is 0.0534. The lowest BCUT2D eigenvalue weighted by molar-refractivity contribution is 0.410. The predicted molar refractivity (Wildman–Crippen MR) is 54.8 cm³/mol. The first kappa shape index (κ1) is 10.0. The highest BCUT2D eigenvalue weighted by Crippen LogP contribution is 2.19. The van der Waals surface area contributed by atoms with E-state index in [0.29, 0.717) is 0 Å². The van der Waals surface area contributed by atoms with E-state index in [1.807, 2.05) is 12.3 Å². The van der Waals surface area contributed by atoms with Crippen molar-refractivity contribution in [2.45, 2.75) is 27.2 Å². The highest BCUT2D eigenvalue weighted by molar-refractivity contribution is 5.11. The monoisotopic (exact) mass is 179 g/mol. The Morgan fingerprint density at radius 2 is 1.92 bits per heavy atom. The van der Waals surface area contributed by atoms with Gasteiger partial charge in [-0.15, -0.1) is 0 Å². The molecule has 2 heteroatoms. The van der Waals surface area contributed by atoms with Gasteiger partial charge in [-0.2, -0.15) is 0 Å². The van der Waals surface area contributed by atoms with Crippen LogP contribution in [0.4, 0.5) is 0 Å². The lowest BCUT2D eigenvalue weighted by Crippen LogP contribution is -2.17. The molecule has 13 heavy (non-hydrogen) atoms. The van der Waals surface area contributed by atoms with Crippen LogP contribution in [-0.4, -0.2) is 4.57 Å². The van der Waals surface area contributed by atoms with Crippen molar-refractivity contribution in [3.8, 4) is 0 Å². The maximum Gasteiger partial charge on any atom is 0.250 e. The molecule has 0 fully saturated rings. The molecule has 0 N–H and O–H groups in total. The van der Waals surface area contributed by atoms with Crippen LogP contribution in [0, 0.1) is 5.41 Å². The van der Waals surface area contributed by atoms with Crippen molar-refractivity contribution in [1.82, 2.24) is 4.57 Å². The van der Waals surface area contributed by atoms with E-state index in [1.165, 1.54) is 5.56 Å². The van der Waals surface area contributed by atoms with Gasteiger partial charge in [0.2, 0.25) is 5.56 Å². The number of pyridine rings is 1. The summed E-state index contributed by atoms with van der Waals surface area (Å²) in [5.41, 5.74) is 1.55. The quantitative estimate of drug-likeness (QED) is 0.646. The Bertz CT molecular complexity index is 344. The molecule has 72 valence electrons. The Kier molecular flexibility index (Phi) is 2.60. The number of aryl methyl sites for hydroxylation is 1. The first-order chi connectivity index (χ1) is 5.88.